The number of hydrogen-bond donors (Lipinski definition) is 0. The molecule has 1 unspecified atom stereocenters. The zero-order chi connectivity index (χ0) is 19.1. The van der Waals surface area contributed by atoms with E-state index in [1.54, 1.807) is 18.3 Å². The number of thiophene rings is 1. The Labute approximate surface area is 164 Å². The van der Waals surface area contributed by atoms with Crippen LogP contribution in [0.1, 0.15) is 57.4 Å². The summed E-state index contributed by atoms with van der Waals surface area (Å²) in [7, 11) is 0. The lowest BCUT2D eigenvalue weighted by Gasteiger charge is -2.37. The molecular weight excluding hydrogens is 358 g/mol. The molecule has 3 aliphatic rings. The van der Waals surface area contributed by atoms with Crippen LogP contribution in [0.5, 0.6) is 0 Å². The van der Waals surface area contributed by atoms with Gasteiger partial charge in [-0.15, -0.1) is 0 Å². The average Bonchev–Trinajstić information content (AvgIpc) is 3.08. The van der Waals surface area contributed by atoms with Crippen LogP contribution < -0.4 is 0 Å². The Bertz CT molecular complexity index is 753. The first kappa shape index (κ1) is 18.5. The lowest BCUT2D eigenvalue weighted by molar-refractivity contribution is -0.141. The van der Waals surface area contributed by atoms with Crippen LogP contribution in [0, 0.1) is 22.2 Å². The van der Waals surface area contributed by atoms with Gasteiger partial charge in [0.25, 0.3) is 0 Å². The van der Waals surface area contributed by atoms with Crippen molar-refractivity contribution >= 4 is 23.2 Å². The van der Waals surface area contributed by atoms with Gasteiger partial charge in [0.1, 0.15) is 5.41 Å². The second kappa shape index (κ2) is 6.94. The lowest BCUT2D eigenvalue weighted by atomic mass is 9.84. The number of carbonyl (C=O) groups is 2. The van der Waals surface area contributed by atoms with Gasteiger partial charge in [0.15, 0.2) is 0 Å². The predicted octanol–water partition coefficient (Wildman–Crippen LogP) is 3.56. The smallest absolute Gasteiger partial charge is 0.243 e. The van der Waals surface area contributed by atoms with Crippen molar-refractivity contribution in [1.82, 2.24) is 9.80 Å². The van der Waals surface area contributed by atoms with E-state index >= 15 is 0 Å². The molecule has 0 aromatic carbocycles. The quantitative estimate of drug-likeness (QED) is 0.796. The molecule has 0 radical (unpaired) electrons. The van der Waals surface area contributed by atoms with E-state index in [4.69, 9.17) is 0 Å². The summed E-state index contributed by atoms with van der Waals surface area (Å²) >= 11 is 1.66. The summed E-state index contributed by atoms with van der Waals surface area (Å²) in [6.07, 6.45) is 6.32. The van der Waals surface area contributed by atoms with Crippen LogP contribution in [-0.2, 0) is 16.1 Å². The lowest BCUT2D eigenvalue weighted by Crippen LogP contribution is -2.47. The number of nitrogens with zero attached hydrogens (tertiary/aromatic N) is 3. The third-order valence-electron chi connectivity index (χ3n) is 6.99. The largest absolute Gasteiger partial charge is 0.341 e. The predicted molar refractivity (Wildman–Crippen MR) is 104 cm³/mol. The fourth-order valence-electron chi connectivity index (χ4n) is 5.13. The summed E-state index contributed by atoms with van der Waals surface area (Å²) in [5, 5.41) is 13.7. The first-order valence-electron chi connectivity index (χ1n) is 9.99. The van der Waals surface area contributed by atoms with Gasteiger partial charge in [0.05, 0.1) is 6.07 Å². The highest BCUT2D eigenvalue weighted by Crippen LogP contribution is 2.57. The molecule has 1 aromatic heterocycles. The summed E-state index contributed by atoms with van der Waals surface area (Å²) < 4.78 is 0. The molecule has 144 valence electrons. The molecule has 6 heteroatoms. The van der Waals surface area contributed by atoms with Crippen LogP contribution in [0.25, 0.3) is 0 Å². The molecule has 0 N–H and O–H groups in total. The number of amides is 2. The number of rotatable bonds is 4. The van der Waals surface area contributed by atoms with Gasteiger partial charge in [-0.2, -0.15) is 16.6 Å². The van der Waals surface area contributed by atoms with Crippen molar-refractivity contribution in [3.8, 4) is 6.07 Å². The summed E-state index contributed by atoms with van der Waals surface area (Å²) in [6.45, 7) is 3.80. The van der Waals surface area contributed by atoms with E-state index in [9.17, 15) is 14.9 Å². The molecule has 2 saturated carbocycles. The summed E-state index contributed by atoms with van der Waals surface area (Å²) in [5.41, 5.74) is 0.605. The van der Waals surface area contributed by atoms with Crippen molar-refractivity contribution in [3.05, 3.63) is 22.4 Å². The molecule has 2 amide bonds. The molecule has 3 fully saturated rings. The van der Waals surface area contributed by atoms with Crippen LogP contribution in [0.2, 0.25) is 0 Å². The Morgan fingerprint density at radius 1 is 1.30 bits per heavy atom. The van der Waals surface area contributed by atoms with Crippen LogP contribution in [0.15, 0.2) is 16.8 Å². The Balaban J connectivity index is 1.38. The fourth-order valence-corrected chi connectivity index (χ4v) is 5.79. The van der Waals surface area contributed by atoms with Crippen molar-refractivity contribution < 1.29 is 9.59 Å². The maximum Gasteiger partial charge on any atom is 0.243 e. The highest BCUT2D eigenvalue weighted by molar-refractivity contribution is 7.07. The zero-order valence-electron chi connectivity index (χ0n) is 15.9. The number of nitriles is 1. The summed E-state index contributed by atoms with van der Waals surface area (Å²) in [4.78, 5) is 29.1. The average molecular weight is 386 g/mol. The van der Waals surface area contributed by atoms with Crippen molar-refractivity contribution in [3.63, 3.8) is 0 Å². The maximum atomic E-state index is 13.0. The van der Waals surface area contributed by atoms with E-state index in [0.29, 0.717) is 25.4 Å². The molecule has 1 aliphatic heterocycles. The van der Waals surface area contributed by atoms with Gasteiger partial charge < -0.3 is 9.80 Å². The molecule has 0 bridgehead atoms. The summed E-state index contributed by atoms with van der Waals surface area (Å²) in [5.74, 6) is 0.187. The Hall–Kier alpha value is -1.87. The van der Waals surface area contributed by atoms with Gasteiger partial charge in [-0.25, -0.2) is 0 Å². The van der Waals surface area contributed by atoms with Gasteiger partial charge >= 0.3 is 0 Å². The highest BCUT2D eigenvalue weighted by Gasteiger charge is 2.59. The topological polar surface area (TPSA) is 64.4 Å². The third kappa shape index (κ3) is 3.27. The van der Waals surface area contributed by atoms with Crippen LogP contribution in [0.4, 0.5) is 0 Å². The molecule has 2 heterocycles. The Kier molecular flexibility index (Phi) is 4.75. The minimum Gasteiger partial charge on any atom is -0.341 e. The Morgan fingerprint density at radius 2 is 2.00 bits per heavy atom. The molecule has 5 nitrogen and oxygen atoms in total. The minimum absolute atomic E-state index is 0.0521. The van der Waals surface area contributed by atoms with E-state index in [0.717, 1.165) is 45.2 Å². The maximum absolute atomic E-state index is 13.0. The number of hydrogen-bond acceptors (Lipinski definition) is 4. The summed E-state index contributed by atoms with van der Waals surface area (Å²) in [6, 6.07) is 4.71. The van der Waals surface area contributed by atoms with E-state index in [2.05, 4.69) is 22.9 Å². The van der Waals surface area contributed by atoms with Gasteiger partial charge in [-0.1, -0.05) is 12.8 Å². The normalized spacial score (nSPS) is 25.2. The molecule has 1 aromatic rings. The van der Waals surface area contributed by atoms with E-state index < -0.39 is 5.41 Å². The Morgan fingerprint density at radius 3 is 2.56 bits per heavy atom. The molecule has 1 saturated heterocycles. The van der Waals surface area contributed by atoms with Crippen molar-refractivity contribution in [1.29, 1.82) is 5.26 Å². The standard InChI is InChI=1S/C21H27N3O2S/c1-16(25)24(13-17-4-11-27-14-17)18-12-20(18)7-9-23(10-8-20)19(26)21(15-22)5-2-3-6-21/h4,11,14,18H,2-3,5-10,12-13H2,1H3. The van der Waals surface area contributed by atoms with E-state index in [1.807, 2.05) is 9.80 Å². The molecule has 2 aliphatic carbocycles. The molecule has 4 rings (SSSR count). The molecular formula is C21H27N3O2S. The monoisotopic (exact) mass is 385 g/mol. The number of piperidine rings is 1. The highest BCUT2D eigenvalue weighted by atomic mass is 32.1. The first-order valence-corrected chi connectivity index (χ1v) is 10.9. The van der Waals surface area contributed by atoms with E-state index in [1.165, 1.54) is 5.56 Å². The number of carbonyl (C=O) groups excluding carboxylic acids is 2. The number of likely N-dealkylation sites (tertiary alicyclic amines) is 1. The second-order valence-electron chi connectivity index (χ2n) is 8.55. The second-order valence-corrected chi connectivity index (χ2v) is 9.33. The van der Waals surface area contributed by atoms with Crippen molar-refractivity contribution in [2.24, 2.45) is 10.8 Å². The van der Waals surface area contributed by atoms with Gasteiger partial charge in [-0.3, -0.25) is 9.59 Å². The molecule has 1 spiro atoms. The SMILES string of the molecule is CC(=O)N(Cc1ccsc1)C1CC12CCN(C(=O)C1(C#N)CCCC1)CC2. The van der Waals surface area contributed by atoms with Gasteiger partial charge in [0, 0.05) is 32.6 Å². The first-order chi connectivity index (χ1) is 13.0. The van der Waals surface area contributed by atoms with Crippen molar-refractivity contribution in [2.75, 3.05) is 13.1 Å². The van der Waals surface area contributed by atoms with Crippen LogP contribution in [-0.4, -0.2) is 40.7 Å². The fraction of sp³-hybridized carbons (Fsp3) is 0.667. The third-order valence-corrected chi connectivity index (χ3v) is 7.72. The molecule has 1 atom stereocenters. The minimum atomic E-state index is -0.766. The van der Waals surface area contributed by atoms with Crippen molar-refractivity contribution in [2.45, 2.75) is 64.5 Å². The van der Waals surface area contributed by atoms with E-state index in [-0.39, 0.29) is 17.2 Å². The van der Waals surface area contributed by atoms with Crippen LogP contribution >= 0.6 is 11.3 Å². The zero-order valence-corrected chi connectivity index (χ0v) is 16.8. The molecule has 27 heavy (non-hydrogen) atoms. The van der Waals surface area contributed by atoms with Gasteiger partial charge in [-0.05, 0) is 59.9 Å². The van der Waals surface area contributed by atoms with Gasteiger partial charge in [0.2, 0.25) is 11.8 Å². The van der Waals surface area contributed by atoms with Crippen LogP contribution in [0.3, 0.4) is 0 Å².